The average Bonchev–Trinajstić information content (AvgIpc) is 3.08. The van der Waals surface area contributed by atoms with Gasteiger partial charge in [-0.25, -0.2) is 0 Å². The molecule has 1 heterocycles. The topological polar surface area (TPSA) is 93.5 Å². The van der Waals surface area contributed by atoms with Crippen molar-refractivity contribution in [2.24, 2.45) is 0 Å². The number of carbonyl (C=O) groups excluding carboxylic acids is 2. The summed E-state index contributed by atoms with van der Waals surface area (Å²) in [6.07, 6.45) is 0. The van der Waals surface area contributed by atoms with Crippen molar-refractivity contribution >= 4 is 27.7 Å². The lowest BCUT2D eigenvalue weighted by molar-refractivity contribution is -0.123. The Labute approximate surface area is 163 Å². The predicted molar refractivity (Wildman–Crippen MR) is 102 cm³/mol. The molecule has 0 saturated heterocycles. The summed E-state index contributed by atoms with van der Waals surface area (Å²) < 4.78 is 11.4. The Morgan fingerprint density at radius 1 is 1.07 bits per heavy atom. The van der Waals surface area contributed by atoms with E-state index >= 15 is 0 Å². The van der Waals surface area contributed by atoms with Crippen LogP contribution in [0.3, 0.4) is 0 Å². The minimum atomic E-state index is -0.524. The average molecular weight is 430 g/mol. The Hall–Kier alpha value is -3.13. The molecule has 3 rings (SSSR count). The fraction of sp³-hybridized carbons (Fsp3) is 0.105. The van der Waals surface area contributed by atoms with Gasteiger partial charge in [0.2, 0.25) is 0 Å². The molecule has 0 aliphatic rings. The van der Waals surface area contributed by atoms with Gasteiger partial charge in [-0.1, -0.05) is 51.4 Å². The number of hydrogen-bond donors (Lipinski definition) is 2. The monoisotopic (exact) mass is 429 g/mol. The standard InChI is InChI=1S/C19H16BrN3O4/c1-12-17(18(23-27-12)13-5-3-2-4-6-13)19(25)22-21-16(24)11-26-15-9-7-14(20)8-10-15/h2-10H,11H2,1H3,(H,21,24)(H,22,25). The molecule has 0 fully saturated rings. The van der Waals surface area contributed by atoms with Crippen molar-refractivity contribution in [3.8, 4) is 17.0 Å². The summed E-state index contributed by atoms with van der Waals surface area (Å²) >= 11 is 3.32. The van der Waals surface area contributed by atoms with Crippen LogP contribution in [0.4, 0.5) is 0 Å². The molecule has 2 amide bonds. The number of benzene rings is 2. The molecule has 138 valence electrons. The molecule has 3 aromatic rings. The number of nitrogens with one attached hydrogen (secondary N) is 2. The van der Waals surface area contributed by atoms with Crippen LogP contribution in [0.15, 0.2) is 63.6 Å². The Kier molecular flexibility index (Phi) is 5.87. The number of hydrogen-bond acceptors (Lipinski definition) is 5. The molecule has 7 nitrogen and oxygen atoms in total. The van der Waals surface area contributed by atoms with Crippen LogP contribution in [0.25, 0.3) is 11.3 Å². The molecule has 0 unspecified atom stereocenters. The lowest BCUT2D eigenvalue weighted by Gasteiger charge is -2.09. The summed E-state index contributed by atoms with van der Waals surface area (Å²) in [5.41, 5.74) is 6.08. The van der Waals surface area contributed by atoms with Gasteiger partial charge in [0.05, 0.1) is 0 Å². The number of nitrogens with zero attached hydrogens (tertiary/aromatic N) is 1. The molecule has 2 aromatic carbocycles. The molecular formula is C19H16BrN3O4. The Balaban J connectivity index is 1.59. The first-order chi connectivity index (χ1) is 13.0. The lowest BCUT2D eigenvalue weighted by Crippen LogP contribution is -2.44. The van der Waals surface area contributed by atoms with Crippen molar-refractivity contribution in [3.05, 3.63) is 70.4 Å². The zero-order valence-electron chi connectivity index (χ0n) is 14.4. The quantitative estimate of drug-likeness (QED) is 0.607. The van der Waals surface area contributed by atoms with Crippen LogP contribution in [0, 0.1) is 6.92 Å². The van der Waals surface area contributed by atoms with E-state index in [1.807, 2.05) is 30.3 Å². The van der Waals surface area contributed by atoms with Gasteiger partial charge < -0.3 is 9.26 Å². The zero-order chi connectivity index (χ0) is 19.2. The van der Waals surface area contributed by atoms with Crippen molar-refractivity contribution < 1.29 is 18.8 Å². The molecule has 0 aliphatic carbocycles. The van der Waals surface area contributed by atoms with Gasteiger partial charge >= 0.3 is 0 Å². The number of carbonyl (C=O) groups is 2. The van der Waals surface area contributed by atoms with Crippen LogP contribution in [-0.4, -0.2) is 23.6 Å². The molecule has 0 bridgehead atoms. The van der Waals surface area contributed by atoms with Crippen LogP contribution >= 0.6 is 15.9 Å². The number of amides is 2. The smallest absolute Gasteiger partial charge is 0.276 e. The largest absolute Gasteiger partial charge is 0.484 e. The number of ether oxygens (including phenoxy) is 1. The highest BCUT2D eigenvalue weighted by Gasteiger charge is 2.21. The molecule has 2 N–H and O–H groups in total. The van der Waals surface area contributed by atoms with Gasteiger partial charge in [0.1, 0.15) is 22.8 Å². The first kappa shape index (κ1) is 18.7. The van der Waals surface area contributed by atoms with Crippen LogP contribution in [0.2, 0.25) is 0 Å². The maximum Gasteiger partial charge on any atom is 0.276 e. The van der Waals surface area contributed by atoms with Crippen LogP contribution in [-0.2, 0) is 4.79 Å². The van der Waals surface area contributed by atoms with Gasteiger partial charge in [-0.2, -0.15) is 0 Å². The molecule has 27 heavy (non-hydrogen) atoms. The summed E-state index contributed by atoms with van der Waals surface area (Å²) in [5.74, 6) is -0.126. The van der Waals surface area contributed by atoms with E-state index in [1.54, 1.807) is 31.2 Å². The summed E-state index contributed by atoms with van der Waals surface area (Å²) in [7, 11) is 0. The van der Waals surface area contributed by atoms with E-state index in [0.29, 0.717) is 17.2 Å². The minimum Gasteiger partial charge on any atom is -0.484 e. The normalized spacial score (nSPS) is 10.3. The van der Waals surface area contributed by atoms with Crippen molar-refractivity contribution in [2.75, 3.05) is 6.61 Å². The van der Waals surface area contributed by atoms with E-state index in [4.69, 9.17) is 9.26 Å². The van der Waals surface area contributed by atoms with E-state index in [1.165, 1.54) is 0 Å². The van der Waals surface area contributed by atoms with Gasteiger partial charge in [-0.15, -0.1) is 0 Å². The van der Waals surface area contributed by atoms with Crippen LogP contribution in [0.1, 0.15) is 16.1 Å². The SMILES string of the molecule is Cc1onc(-c2ccccc2)c1C(=O)NNC(=O)COc1ccc(Br)cc1. The molecule has 1 aromatic heterocycles. The van der Waals surface area contributed by atoms with Gasteiger partial charge in [-0.3, -0.25) is 20.4 Å². The molecule has 8 heteroatoms. The van der Waals surface area contributed by atoms with E-state index < -0.39 is 11.8 Å². The fourth-order valence-electron chi connectivity index (χ4n) is 2.34. The van der Waals surface area contributed by atoms with Gasteiger partial charge in [0.15, 0.2) is 6.61 Å². The van der Waals surface area contributed by atoms with Crippen LogP contribution in [0.5, 0.6) is 5.75 Å². The summed E-state index contributed by atoms with van der Waals surface area (Å²) in [4.78, 5) is 24.4. The molecule has 0 saturated carbocycles. The lowest BCUT2D eigenvalue weighted by atomic mass is 10.1. The Morgan fingerprint density at radius 3 is 2.48 bits per heavy atom. The van der Waals surface area contributed by atoms with Gasteiger partial charge in [0.25, 0.3) is 11.8 Å². The molecule has 0 radical (unpaired) electrons. The van der Waals surface area contributed by atoms with Crippen molar-refractivity contribution in [1.82, 2.24) is 16.0 Å². The first-order valence-corrected chi connectivity index (χ1v) is 8.83. The van der Waals surface area contributed by atoms with Crippen LogP contribution < -0.4 is 15.6 Å². The van der Waals surface area contributed by atoms with Gasteiger partial charge in [0, 0.05) is 10.0 Å². The van der Waals surface area contributed by atoms with Crippen molar-refractivity contribution in [3.63, 3.8) is 0 Å². The van der Waals surface area contributed by atoms with E-state index in [0.717, 1.165) is 10.0 Å². The second-order valence-corrected chi connectivity index (χ2v) is 6.49. The first-order valence-electron chi connectivity index (χ1n) is 8.04. The highest BCUT2D eigenvalue weighted by Crippen LogP contribution is 2.24. The molecule has 0 spiro atoms. The molecule has 0 aliphatic heterocycles. The second-order valence-electron chi connectivity index (χ2n) is 5.57. The highest BCUT2D eigenvalue weighted by atomic mass is 79.9. The van der Waals surface area contributed by atoms with E-state index in [-0.39, 0.29) is 12.2 Å². The number of aryl methyl sites for hydroxylation is 1. The zero-order valence-corrected chi connectivity index (χ0v) is 15.9. The number of rotatable bonds is 5. The van der Waals surface area contributed by atoms with E-state index in [2.05, 4.69) is 31.9 Å². The Bertz CT molecular complexity index is 939. The fourth-order valence-corrected chi connectivity index (χ4v) is 2.60. The third-order valence-corrected chi connectivity index (χ3v) is 4.16. The van der Waals surface area contributed by atoms with E-state index in [9.17, 15) is 9.59 Å². The van der Waals surface area contributed by atoms with Gasteiger partial charge in [-0.05, 0) is 31.2 Å². The number of hydrazine groups is 1. The highest BCUT2D eigenvalue weighted by molar-refractivity contribution is 9.10. The summed E-state index contributed by atoms with van der Waals surface area (Å²) in [6.45, 7) is 1.39. The van der Waals surface area contributed by atoms with Crippen molar-refractivity contribution in [1.29, 1.82) is 0 Å². The maximum absolute atomic E-state index is 12.5. The maximum atomic E-state index is 12.5. The summed E-state index contributed by atoms with van der Waals surface area (Å²) in [6, 6.07) is 16.2. The third kappa shape index (κ3) is 4.73. The number of aromatic nitrogens is 1. The Morgan fingerprint density at radius 2 is 1.78 bits per heavy atom. The van der Waals surface area contributed by atoms with Crippen molar-refractivity contribution in [2.45, 2.75) is 6.92 Å². The third-order valence-electron chi connectivity index (χ3n) is 3.64. The predicted octanol–water partition coefficient (Wildman–Crippen LogP) is 3.25. The summed E-state index contributed by atoms with van der Waals surface area (Å²) in [5, 5.41) is 3.94. The molecular weight excluding hydrogens is 414 g/mol. The molecule has 0 atom stereocenters. The second kappa shape index (κ2) is 8.50. The number of halogens is 1. The minimum absolute atomic E-state index is 0.240.